The molecule has 39 heavy (non-hydrogen) atoms. The molecular weight excluding hydrogens is 503 g/mol. The third kappa shape index (κ3) is 7.08. The van der Waals surface area contributed by atoms with E-state index in [1.54, 1.807) is 0 Å². The van der Waals surface area contributed by atoms with Gasteiger partial charge in [-0.3, -0.25) is 4.79 Å². The van der Waals surface area contributed by atoms with Gasteiger partial charge in [-0.2, -0.15) is 5.26 Å². The lowest BCUT2D eigenvalue weighted by Crippen LogP contribution is -2.46. The smallest absolute Gasteiger partial charge is 0.407 e. The zero-order valence-corrected chi connectivity index (χ0v) is 24.3. The van der Waals surface area contributed by atoms with Crippen LogP contribution in [0.25, 0.3) is 0 Å². The van der Waals surface area contributed by atoms with Crippen molar-refractivity contribution in [2.45, 2.75) is 59.4 Å². The number of alkyl carbamates (subject to hydrolysis) is 1. The minimum absolute atomic E-state index is 0.168. The number of Topliss-reactive ketones (excluding diaryl/α,β-unsaturated/α-hetero) is 1. The molecule has 5 nitrogen and oxygen atoms in total. The lowest BCUT2D eigenvalue weighted by molar-refractivity contribution is -0.114. The predicted octanol–water partition coefficient (Wildman–Crippen LogP) is 5.97. The number of nitriles is 1. The SMILES string of the molecule is CCCC[C@H](NC(=O)OCC(C)(C)CC)C(=O)C(C#N)=P(c1ccccc1)(c1ccccc1)c1ccccc1. The van der Waals surface area contributed by atoms with E-state index in [1.807, 2.05) is 119 Å². The highest BCUT2D eigenvalue weighted by Gasteiger charge is 2.36. The van der Waals surface area contributed by atoms with Gasteiger partial charge in [-0.05, 0) is 41.1 Å². The van der Waals surface area contributed by atoms with Crippen LogP contribution in [-0.2, 0) is 9.53 Å². The molecule has 1 N–H and O–H groups in total. The summed E-state index contributed by atoms with van der Waals surface area (Å²) in [5.74, 6) is -0.359. The van der Waals surface area contributed by atoms with Crippen LogP contribution in [0.2, 0.25) is 0 Å². The van der Waals surface area contributed by atoms with E-state index >= 15 is 0 Å². The summed E-state index contributed by atoms with van der Waals surface area (Å²) in [6.07, 6.45) is 2.21. The van der Waals surface area contributed by atoms with Crippen molar-refractivity contribution >= 4 is 40.0 Å². The Bertz CT molecular complexity index is 1230. The highest BCUT2D eigenvalue weighted by molar-refractivity contribution is 7.97. The van der Waals surface area contributed by atoms with Crippen LogP contribution in [-0.4, -0.2) is 29.8 Å². The van der Waals surface area contributed by atoms with E-state index < -0.39 is 19.0 Å². The van der Waals surface area contributed by atoms with E-state index in [-0.39, 0.29) is 23.1 Å². The Balaban J connectivity index is 2.25. The van der Waals surface area contributed by atoms with Gasteiger partial charge in [0.2, 0.25) is 0 Å². The topological polar surface area (TPSA) is 79.2 Å². The number of rotatable bonds is 12. The monoisotopic (exact) mass is 542 g/mol. The second-order valence-corrected chi connectivity index (χ2v) is 13.8. The lowest BCUT2D eigenvalue weighted by atomic mass is 9.92. The first-order valence-corrected chi connectivity index (χ1v) is 15.4. The van der Waals surface area contributed by atoms with Gasteiger partial charge in [0.25, 0.3) is 0 Å². The normalized spacial score (nSPS) is 12.2. The van der Waals surface area contributed by atoms with Crippen molar-refractivity contribution < 1.29 is 14.3 Å². The van der Waals surface area contributed by atoms with E-state index in [9.17, 15) is 14.9 Å². The molecular formula is C33H39N2O3P. The Labute approximate surface area is 233 Å². The highest BCUT2D eigenvalue weighted by Crippen LogP contribution is 2.46. The summed E-state index contributed by atoms with van der Waals surface area (Å²) < 4.78 is 5.53. The summed E-state index contributed by atoms with van der Waals surface area (Å²) in [7, 11) is 0. The number of nitrogens with zero attached hydrogens (tertiary/aromatic N) is 1. The minimum atomic E-state index is -2.88. The summed E-state index contributed by atoms with van der Waals surface area (Å²) in [5.41, 5.74) is -0.168. The number of ketones is 1. The van der Waals surface area contributed by atoms with Crippen LogP contribution in [0, 0.1) is 16.7 Å². The number of benzene rings is 3. The van der Waals surface area contributed by atoms with E-state index in [0.29, 0.717) is 6.42 Å². The molecule has 0 fully saturated rings. The molecule has 204 valence electrons. The molecule has 0 aromatic heterocycles. The molecule has 3 rings (SSSR count). The van der Waals surface area contributed by atoms with E-state index in [2.05, 4.69) is 11.4 Å². The molecule has 6 heteroatoms. The third-order valence-electron chi connectivity index (χ3n) is 7.11. The fraction of sp³-hybridized carbons (Fsp3) is 0.333. The molecule has 1 atom stereocenters. The van der Waals surface area contributed by atoms with Crippen molar-refractivity contribution in [3.05, 3.63) is 91.0 Å². The maximum absolute atomic E-state index is 14.4. The molecule has 0 unspecified atom stereocenters. The Morgan fingerprint density at radius 2 is 1.33 bits per heavy atom. The summed E-state index contributed by atoms with van der Waals surface area (Å²) in [6.45, 7) is 5.50. The van der Waals surface area contributed by atoms with Crippen LogP contribution < -0.4 is 21.2 Å². The van der Waals surface area contributed by atoms with Crippen LogP contribution in [0.4, 0.5) is 4.79 Å². The van der Waals surface area contributed by atoms with Crippen molar-refractivity contribution in [1.82, 2.24) is 5.32 Å². The summed E-state index contributed by atoms with van der Waals surface area (Å²) in [5, 5.41) is 16.5. The van der Waals surface area contributed by atoms with Gasteiger partial charge < -0.3 is 10.1 Å². The van der Waals surface area contributed by atoms with Gasteiger partial charge in [0.1, 0.15) is 11.4 Å². The van der Waals surface area contributed by atoms with Gasteiger partial charge in [-0.25, -0.2) is 4.79 Å². The highest BCUT2D eigenvalue weighted by atomic mass is 31.2. The van der Waals surface area contributed by atoms with Gasteiger partial charge >= 0.3 is 6.09 Å². The Morgan fingerprint density at radius 1 is 0.872 bits per heavy atom. The molecule has 0 aliphatic rings. The molecule has 0 aliphatic heterocycles. The van der Waals surface area contributed by atoms with E-state index in [4.69, 9.17) is 4.74 Å². The second kappa shape index (κ2) is 14.0. The minimum Gasteiger partial charge on any atom is -0.449 e. The number of carbonyl (C=O) groups excluding carboxylic acids is 2. The third-order valence-corrected chi connectivity index (χ3v) is 11.3. The quantitative estimate of drug-likeness (QED) is 0.286. The Kier molecular flexibility index (Phi) is 10.7. The maximum Gasteiger partial charge on any atom is 0.407 e. The zero-order chi connectivity index (χ0) is 28.3. The number of hydrogen-bond acceptors (Lipinski definition) is 4. The van der Waals surface area contributed by atoms with Crippen molar-refractivity contribution in [2.24, 2.45) is 5.41 Å². The van der Waals surface area contributed by atoms with Crippen molar-refractivity contribution in [3.8, 4) is 6.07 Å². The average molecular weight is 543 g/mol. The fourth-order valence-corrected chi connectivity index (χ4v) is 8.64. The van der Waals surface area contributed by atoms with Gasteiger partial charge in [0.15, 0.2) is 5.78 Å². The first kappa shape index (κ1) is 29.9. The molecule has 0 radical (unpaired) electrons. The predicted molar refractivity (Wildman–Crippen MR) is 163 cm³/mol. The summed E-state index contributed by atoms with van der Waals surface area (Å²) in [4.78, 5) is 27.3. The summed E-state index contributed by atoms with van der Waals surface area (Å²) in [6, 6.07) is 30.9. The Hall–Kier alpha value is -3.61. The van der Waals surface area contributed by atoms with E-state index in [1.165, 1.54) is 0 Å². The maximum atomic E-state index is 14.4. The largest absolute Gasteiger partial charge is 0.449 e. The molecule has 0 heterocycles. The molecule has 0 aliphatic carbocycles. The first-order valence-electron chi connectivity index (χ1n) is 13.6. The first-order chi connectivity index (χ1) is 18.8. The van der Waals surface area contributed by atoms with Crippen molar-refractivity contribution in [1.29, 1.82) is 5.26 Å². The van der Waals surface area contributed by atoms with Crippen LogP contribution >= 0.6 is 6.89 Å². The van der Waals surface area contributed by atoms with Gasteiger partial charge in [0, 0.05) is 0 Å². The van der Waals surface area contributed by atoms with Gasteiger partial charge in [0.05, 0.1) is 12.6 Å². The standard InChI is InChI=1S/C33H39N2O3P/c1-5-7-23-29(35-32(37)38-25-33(3,4)6-2)31(36)30(24-34)39(26-17-11-8-12-18-26,27-19-13-9-14-20-27)28-21-15-10-16-22-28/h8-22,29H,5-7,23,25H2,1-4H3,(H,35,37)/t29-/m0/s1. The van der Waals surface area contributed by atoms with Gasteiger partial charge in [-0.15, -0.1) is 0 Å². The Morgan fingerprint density at radius 3 is 1.72 bits per heavy atom. The van der Waals surface area contributed by atoms with Crippen molar-refractivity contribution in [3.63, 3.8) is 0 Å². The number of amides is 1. The molecule has 1 amide bonds. The molecule has 3 aromatic rings. The van der Waals surface area contributed by atoms with Gasteiger partial charge in [-0.1, -0.05) is 132 Å². The molecule has 0 saturated heterocycles. The zero-order valence-electron chi connectivity index (χ0n) is 23.4. The molecule has 0 saturated carbocycles. The number of carbonyl (C=O) groups is 2. The number of nitrogens with one attached hydrogen (secondary N) is 1. The van der Waals surface area contributed by atoms with Crippen LogP contribution in [0.15, 0.2) is 91.0 Å². The lowest BCUT2D eigenvalue weighted by Gasteiger charge is -2.31. The molecule has 0 bridgehead atoms. The molecule has 3 aromatic carbocycles. The van der Waals surface area contributed by atoms with Crippen molar-refractivity contribution in [2.75, 3.05) is 6.61 Å². The number of hydrogen-bond donors (Lipinski definition) is 1. The van der Waals surface area contributed by atoms with Crippen LogP contribution in [0.3, 0.4) is 0 Å². The number of ether oxygens (including phenoxy) is 1. The van der Waals surface area contributed by atoms with Crippen LogP contribution in [0.5, 0.6) is 0 Å². The number of unbranched alkanes of at least 4 members (excludes halogenated alkanes) is 1. The van der Waals surface area contributed by atoms with E-state index in [0.717, 1.165) is 35.2 Å². The van der Waals surface area contributed by atoms with Crippen LogP contribution in [0.1, 0.15) is 53.4 Å². The fourth-order valence-electron chi connectivity index (χ4n) is 4.47. The average Bonchev–Trinajstić information content (AvgIpc) is 2.98. The second-order valence-electron chi connectivity index (χ2n) is 10.4. The molecule has 0 spiro atoms. The summed E-state index contributed by atoms with van der Waals surface area (Å²) >= 11 is 0.